The lowest BCUT2D eigenvalue weighted by Crippen LogP contribution is -2.24. The average Bonchev–Trinajstić information content (AvgIpc) is 2.03. The Morgan fingerprint density at radius 1 is 1.62 bits per heavy atom. The van der Waals surface area contributed by atoms with Gasteiger partial charge in [-0.1, -0.05) is 0 Å². The zero-order valence-electron chi connectivity index (χ0n) is 8.16. The van der Waals surface area contributed by atoms with Gasteiger partial charge in [0.25, 0.3) is 0 Å². The maximum atomic E-state index is 10.8. The van der Waals surface area contributed by atoms with Crippen molar-refractivity contribution in [1.29, 1.82) is 0 Å². The van der Waals surface area contributed by atoms with Crippen molar-refractivity contribution >= 4 is 5.91 Å². The van der Waals surface area contributed by atoms with E-state index in [1.165, 1.54) is 6.92 Å². The van der Waals surface area contributed by atoms with Crippen molar-refractivity contribution in [3.63, 3.8) is 0 Å². The van der Waals surface area contributed by atoms with Gasteiger partial charge in [0.05, 0.1) is 11.7 Å². The largest absolute Gasteiger partial charge is 0.348 e. The first kappa shape index (κ1) is 9.71. The number of amides is 1. The summed E-state index contributed by atoms with van der Waals surface area (Å²) in [6.45, 7) is 5.43. The Bertz CT molecular complexity index is 310. The SMILES string of the molecule is CC(=O)N[C@H](C)c1cc(C)ccn1. The van der Waals surface area contributed by atoms with Crippen molar-refractivity contribution in [1.82, 2.24) is 10.3 Å². The molecule has 0 aliphatic carbocycles. The predicted octanol–water partition coefficient (Wildman–Crippen LogP) is 1.59. The lowest BCUT2D eigenvalue weighted by molar-refractivity contribution is -0.119. The number of pyridine rings is 1. The van der Waals surface area contributed by atoms with Gasteiger partial charge < -0.3 is 5.32 Å². The van der Waals surface area contributed by atoms with Crippen molar-refractivity contribution in [2.45, 2.75) is 26.8 Å². The summed E-state index contributed by atoms with van der Waals surface area (Å²) in [7, 11) is 0. The Hall–Kier alpha value is -1.38. The molecule has 1 heterocycles. The lowest BCUT2D eigenvalue weighted by Gasteiger charge is -2.11. The third kappa shape index (κ3) is 2.86. The second-order valence-electron chi connectivity index (χ2n) is 3.18. The third-order valence-corrected chi connectivity index (χ3v) is 1.80. The monoisotopic (exact) mass is 178 g/mol. The summed E-state index contributed by atoms with van der Waals surface area (Å²) in [5.74, 6) is -0.0317. The van der Waals surface area contributed by atoms with Crippen LogP contribution in [0.1, 0.15) is 31.1 Å². The normalized spacial score (nSPS) is 12.2. The third-order valence-electron chi connectivity index (χ3n) is 1.80. The van der Waals surface area contributed by atoms with Crippen LogP contribution in [0.3, 0.4) is 0 Å². The number of carbonyl (C=O) groups excluding carboxylic acids is 1. The number of aromatic nitrogens is 1. The van der Waals surface area contributed by atoms with Crippen LogP contribution in [0, 0.1) is 6.92 Å². The van der Waals surface area contributed by atoms with E-state index in [0.717, 1.165) is 11.3 Å². The van der Waals surface area contributed by atoms with Crippen molar-refractivity contribution in [3.8, 4) is 0 Å². The lowest BCUT2D eigenvalue weighted by atomic mass is 10.1. The molecule has 0 radical (unpaired) electrons. The highest BCUT2D eigenvalue weighted by atomic mass is 16.1. The summed E-state index contributed by atoms with van der Waals surface area (Å²) in [4.78, 5) is 15.0. The molecule has 1 aromatic rings. The predicted molar refractivity (Wildman–Crippen MR) is 51.2 cm³/mol. The molecule has 3 nitrogen and oxygen atoms in total. The van der Waals surface area contributed by atoms with Crippen LogP contribution in [0.25, 0.3) is 0 Å². The zero-order valence-corrected chi connectivity index (χ0v) is 8.16. The number of rotatable bonds is 2. The first-order chi connectivity index (χ1) is 6.09. The molecule has 0 saturated heterocycles. The second kappa shape index (κ2) is 4.03. The summed E-state index contributed by atoms with van der Waals surface area (Å²) in [5, 5.41) is 2.78. The quantitative estimate of drug-likeness (QED) is 0.747. The Morgan fingerprint density at radius 2 is 2.31 bits per heavy atom. The van der Waals surface area contributed by atoms with Crippen molar-refractivity contribution < 1.29 is 4.79 Å². The van der Waals surface area contributed by atoms with E-state index in [2.05, 4.69) is 10.3 Å². The molecule has 0 bridgehead atoms. The number of hydrogen-bond acceptors (Lipinski definition) is 2. The minimum atomic E-state index is -0.0317. The molecule has 0 aliphatic rings. The summed E-state index contributed by atoms with van der Waals surface area (Å²) in [6.07, 6.45) is 1.75. The van der Waals surface area contributed by atoms with Crippen molar-refractivity contribution in [2.75, 3.05) is 0 Å². The number of carbonyl (C=O) groups is 1. The molecule has 1 atom stereocenters. The van der Waals surface area contributed by atoms with E-state index in [-0.39, 0.29) is 11.9 Å². The van der Waals surface area contributed by atoms with Gasteiger partial charge in [-0.3, -0.25) is 9.78 Å². The topological polar surface area (TPSA) is 42.0 Å². The fraction of sp³-hybridized carbons (Fsp3) is 0.400. The van der Waals surface area contributed by atoms with Gasteiger partial charge in [0.2, 0.25) is 5.91 Å². The smallest absolute Gasteiger partial charge is 0.217 e. The summed E-state index contributed by atoms with van der Waals surface area (Å²) >= 11 is 0. The van der Waals surface area contributed by atoms with Gasteiger partial charge in [-0.05, 0) is 31.5 Å². The standard InChI is InChI=1S/C10H14N2O/c1-7-4-5-11-10(6-7)8(2)12-9(3)13/h4-6,8H,1-3H3,(H,12,13)/t8-/m1/s1. The molecule has 70 valence electrons. The molecular formula is C10H14N2O. The average molecular weight is 178 g/mol. The molecule has 0 aromatic carbocycles. The maximum Gasteiger partial charge on any atom is 0.217 e. The van der Waals surface area contributed by atoms with E-state index in [1.54, 1.807) is 6.20 Å². The summed E-state index contributed by atoms with van der Waals surface area (Å²) in [6, 6.07) is 3.89. The second-order valence-corrected chi connectivity index (χ2v) is 3.18. The highest BCUT2D eigenvalue weighted by Gasteiger charge is 2.06. The molecule has 3 heteroatoms. The Labute approximate surface area is 78.2 Å². The van der Waals surface area contributed by atoms with Gasteiger partial charge >= 0.3 is 0 Å². The van der Waals surface area contributed by atoms with Crippen LogP contribution in [-0.2, 0) is 4.79 Å². The highest BCUT2D eigenvalue weighted by molar-refractivity contribution is 5.73. The van der Waals surface area contributed by atoms with E-state index in [0.29, 0.717) is 0 Å². The zero-order chi connectivity index (χ0) is 9.84. The first-order valence-corrected chi connectivity index (χ1v) is 4.29. The van der Waals surface area contributed by atoms with E-state index in [1.807, 2.05) is 26.0 Å². The van der Waals surface area contributed by atoms with Crippen LogP contribution in [0.4, 0.5) is 0 Å². The summed E-state index contributed by atoms with van der Waals surface area (Å²) in [5.41, 5.74) is 2.05. The van der Waals surface area contributed by atoms with Crippen molar-refractivity contribution in [3.05, 3.63) is 29.6 Å². The molecule has 0 aliphatic heterocycles. The molecule has 0 spiro atoms. The van der Waals surface area contributed by atoms with E-state index in [4.69, 9.17) is 0 Å². The van der Waals surface area contributed by atoms with E-state index < -0.39 is 0 Å². The minimum absolute atomic E-state index is 0.0163. The number of nitrogens with zero attached hydrogens (tertiary/aromatic N) is 1. The molecule has 0 unspecified atom stereocenters. The van der Waals surface area contributed by atoms with Crippen LogP contribution >= 0.6 is 0 Å². The van der Waals surface area contributed by atoms with Gasteiger partial charge in [-0.2, -0.15) is 0 Å². The molecule has 1 aromatic heterocycles. The Morgan fingerprint density at radius 3 is 2.85 bits per heavy atom. The van der Waals surface area contributed by atoms with Crippen LogP contribution < -0.4 is 5.32 Å². The molecule has 0 saturated carbocycles. The van der Waals surface area contributed by atoms with E-state index >= 15 is 0 Å². The van der Waals surface area contributed by atoms with Crippen molar-refractivity contribution in [2.24, 2.45) is 0 Å². The molecule has 0 fully saturated rings. The first-order valence-electron chi connectivity index (χ1n) is 4.29. The number of hydrogen-bond donors (Lipinski definition) is 1. The number of nitrogens with one attached hydrogen (secondary N) is 1. The molecule has 1 rings (SSSR count). The summed E-state index contributed by atoms with van der Waals surface area (Å²) < 4.78 is 0. The Kier molecular flexibility index (Phi) is 3.01. The Balaban J connectivity index is 2.76. The van der Waals surface area contributed by atoms with Crippen LogP contribution in [0.15, 0.2) is 18.3 Å². The van der Waals surface area contributed by atoms with Gasteiger partial charge in [0.15, 0.2) is 0 Å². The van der Waals surface area contributed by atoms with Gasteiger partial charge in [-0.25, -0.2) is 0 Å². The maximum absolute atomic E-state index is 10.8. The highest BCUT2D eigenvalue weighted by Crippen LogP contribution is 2.09. The molecule has 13 heavy (non-hydrogen) atoms. The fourth-order valence-corrected chi connectivity index (χ4v) is 1.18. The minimum Gasteiger partial charge on any atom is -0.348 e. The number of aryl methyl sites for hydroxylation is 1. The van der Waals surface area contributed by atoms with Gasteiger partial charge in [0, 0.05) is 13.1 Å². The molecule has 1 N–H and O–H groups in total. The molecule has 1 amide bonds. The van der Waals surface area contributed by atoms with E-state index in [9.17, 15) is 4.79 Å². The van der Waals surface area contributed by atoms with Crippen LogP contribution in [-0.4, -0.2) is 10.9 Å². The van der Waals surface area contributed by atoms with Gasteiger partial charge in [-0.15, -0.1) is 0 Å². The molecular weight excluding hydrogens is 164 g/mol. The van der Waals surface area contributed by atoms with Crippen LogP contribution in [0.5, 0.6) is 0 Å². The van der Waals surface area contributed by atoms with Gasteiger partial charge in [0.1, 0.15) is 0 Å². The fourth-order valence-electron chi connectivity index (χ4n) is 1.18. The van der Waals surface area contributed by atoms with Crippen LogP contribution in [0.2, 0.25) is 0 Å².